The quantitative estimate of drug-likeness (QED) is 0.367. The van der Waals surface area contributed by atoms with E-state index in [9.17, 15) is 10.1 Å². The molecule has 3 heterocycles. The number of benzene rings is 3. The number of hydrogen-bond acceptors (Lipinski definition) is 5. The number of aromatic amines is 2. The van der Waals surface area contributed by atoms with Crippen LogP contribution in [-0.2, 0) is 6.54 Å². The number of rotatable bonds is 5. The van der Waals surface area contributed by atoms with Crippen molar-refractivity contribution in [2.45, 2.75) is 13.5 Å². The van der Waals surface area contributed by atoms with Crippen LogP contribution in [0.3, 0.4) is 0 Å². The zero-order chi connectivity index (χ0) is 25.7. The highest BCUT2D eigenvalue weighted by molar-refractivity contribution is 5.84. The van der Waals surface area contributed by atoms with Crippen molar-refractivity contribution in [3.05, 3.63) is 100 Å². The first kappa shape index (κ1) is 22.2. The lowest BCUT2D eigenvalue weighted by atomic mass is 9.99. The highest BCUT2D eigenvalue weighted by Gasteiger charge is 2.17. The van der Waals surface area contributed by atoms with Gasteiger partial charge in [0.25, 0.3) is 0 Å². The fourth-order valence-corrected chi connectivity index (χ4v) is 4.52. The van der Waals surface area contributed by atoms with Gasteiger partial charge in [0, 0.05) is 11.8 Å². The molecular weight excluding hydrogens is 471 g/mol. The summed E-state index contributed by atoms with van der Waals surface area (Å²) >= 11 is 0. The molecule has 3 aromatic heterocycles. The minimum Gasteiger partial charge on any atom is -0.306 e. The summed E-state index contributed by atoms with van der Waals surface area (Å²) in [6, 6.07) is 17.9. The van der Waals surface area contributed by atoms with Crippen molar-refractivity contribution in [1.82, 2.24) is 34.7 Å². The Bertz CT molecular complexity index is 1950. The van der Waals surface area contributed by atoms with Crippen LogP contribution in [0.4, 0.5) is 4.39 Å². The first-order chi connectivity index (χ1) is 17.9. The van der Waals surface area contributed by atoms with Gasteiger partial charge in [0.15, 0.2) is 5.82 Å². The SMILES string of the molecule is C=C(C)c1cc(C#N)ccc1Cn1nccc1-c1cc(F)c2nnn(-c3ccc4[nH]c(=O)[nH]c4c3)c2c1. The average Bonchev–Trinajstić information content (AvgIpc) is 3.61. The second-order valence-corrected chi connectivity index (χ2v) is 8.77. The second-order valence-electron chi connectivity index (χ2n) is 8.77. The van der Waals surface area contributed by atoms with E-state index in [1.807, 2.05) is 31.2 Å². The first-order valence-corrected chi connectivity index (χ1v) is 11.4. The second kappa shape index (κ2) is 8.42. The molecule has 9 nitrogen and oxygen atoms in total. The van der Waals surface area contributed by atoms with Gasteiger partial charge in [-0.2, -0.15) is 10.4 Å². The van der Waals surface area contributed by atoms with Crippen LogP contribution in [0, 0.1) is 17.1 Å². The standard InChI is InChI=1S/C27H19FN8O/c1-15(2)20-9-16(13-29)3-4-17(20)14-35-24(7-8-30-35)18-10-21(28)26-25(11-18)36(34-33-26)19-5-6-22-23(12-19)32-27(37)31-22/h3-12H,1,14H2,2H3,(H2,31,32,37). The molecule has 6 aromatic rings. The number of hydrogen-bond donors (Lipinski definition) is 2. The Morgan fingerprint density at radius 2 is 1.95 bits per heavy atom. The smallest absolute Gasteiger partial charge is 0.306 e. The van der Waals surface area contributed by atoms with Crippen LogP contribution in [0.2, 0.25) is 0 Å². The molecule has 0 spiro atoms. The number of aromatic nitrogens is 7. The summed E-state index contributed by atoms with van der Waals surface area (Å²) in [6.45, 7) is 6.34. The van der Waals surface area contributed by atoms with E-state index >= 15 is 4.39 Å². The van der Waals surface area contributed by atoms with Gasteiger partial charge in [0.2, 0.25) is 0 Å². The molecule has 37 heavy (non-hydrogen) atoms. The van der Waals surface area contributed by atoms with Crippen molar-refractivity contribution in [2.24, 2.45) is 0 Å². The first-order valence-electron chi connectivity index (χ1n) is 11.4. The Hall–Kier alpha value is -5.30. The molecule has 10 heteroatoms. The molecule has 3 aromatic carbocycles. The summed E-state index contributed by atoms with van der Waals surface area (Å²) in [6.07, 6.45) is 1.66. The van der Waals surface area contributed by atoms with Crippen molar-refractivity contribution in [1.29, 1.82) is 5.26 Å². The van der Waals surface area contributed by atoms with E-state index in [4.69, 9.17) is 0 Å². The van der Waals surface area contributed by atoms with Crippen LogP contribution in [-0.4, -0.2) is 34.7 Å². The molecule has 0 radical (unpaired) electrons. The number of nitrogens with zero attached hydrogens (tertiary/aromatic N) is 6. The molecule has 0 bridgehead atoms. The summed E-state index contributed by atoms with van der Waals surface area (Å²) in [4.78, 5) is 17.1. The van der Waals surface area contributed by atoms with Gasteiger partial charge in [-0.05, 0) is 66.6 Å². The highest BCUT2D eigenvalue weighted by atomic mass is 19.1. The van der Waals surface area contributed by atoms with Gasteiger partial charge in [-0.25, -0.2) is 13.9 Å². The third-order valence-electron chi connectivity index (χ3n) is 6.28. The van der Waals surface area contributed by atoms with Crippen LogP contribution in [0.25, 0.3) is 44.6 Å². The third-order valence-corrected chi connectivity index (χ3v) is 6.28. The molecule has 0 atom stereocenters. The van der Waals surface area contributed by atoms with E-state index in [0.717, 1.165) is 16.7 Å². The fourth-order valence-electron chi connectivity index (χ4n) is 4.52. The van der Waals surface area contributed by atoms with Crippen molar-refractivity contribution < 1.29 is 4.39 Å². The molecule has 0 saturated heterocycles. The number of fused-ring (bicyclic) bond motifs is 2. The monoisotopic (exact) mass is 490 g/mol. The van der Waals surface area contributed by atoms with E-state index in [1.54, 1.807) is 35.1 Å². The molecule has 0 unspecified atom stereocenters. The van der Waals surface area contributed by atoms with Crippen LogP contribution >= 0.6 is 0 Å². The molecule has 0 amide bonds. The van der Waals surface area contributed by atoms with Crippen molar-refractivity contribution in [3.8, 4) is 23.0 Å². The van der Waals surface area contributed by atoms with Crippen LogP contribution in [0.5, 0.6) is 0 Å². The maximum atomic E-state index is 15.2. The van der Waals surface area contributed by atoms with Crippen molar-refractivity contribution >= 4 is 27.6 Å². The topological polar surface area (TPSA) is 121 Å². The Balaban J connectivity index is 1.44. The normalized spacial score (nSPS) is 11.3. The predicted molar refractivity (Wildman–Crippen MR) is 137 cm³/mol. The third kappa shape index (κ3) is 3.79. The number of nitrogens with one attached hydrogen (secondary N) is 2. The molecule has 2 N–H and O–H groups in total. The van der Waals surface area contributed by atoms with Crippen LogP contribution < -0.4 is 5.69 Å². The molecule has 0 aliphatic carbocycles. The predicted octanol–water partition coefficient (Wildman–Crippen LogP) is 4.55. The Kier molecular flexibility index (Phi) is 5.05. The van der Waals surface area contributed by atoms with E-state index < -0.39 is 5.82 Å². The van der Waals surface area contributed by atoms with Crippen LogP contribution in [0.1, 0.15) is 23.6 Å². The summed E-state index contributed by atoms with van der Waals surface area (Å²) in [5, 5.41) is 21.9. The minimum atomic E-state index is -0.511. The Morgan fingerprint density at radius 1 is 1.11 bits per heavy atom. The lowest BCUT2D eigenvalue weighted by molar-refractivity contribution is 0.635. The van der Waals surface area contributed by atoms with E-state index in [1.165, 1.54) is 10.7 Å². The number of H-pyrrole nitrogens is 2. The van der Waals surface area contributed by atoms with Crippen molar-refractivity contribution in [3.63, 3.8) is 0 Å². The van der Waals surface area contributed by atoms with Gasteiger partial charge < -0.3 is 9.97 Å². The summed E-state index contributed by atoms with van der Waals surface area (Å²) < 4.78 is 18.5. The molecule has 180 valence electrons. The number of nitriles is 1. The zero-order valence-corrected chi connectivity index (χ0v) is 19.7. The van der Waals surface area contributed by atoms with Gasteiger partial charge in [0.05, 0.1) is 46.1 Å². The number of halogens is 1. The van der Waals surface area contributed by atoms with E-state index in [0.29, 0.717) is 45.6 Å². The fraction of sp³-hybridized carbons (Fsp3) is 0.0741. The van der Waals surface area contributed by atoms with Gasteiger partial charge in [-0.1, -0.05) is 23.4 Å². The van der Waals surface area contributed by atoms with Gasteiger partial charge in [-0.15, -0.1) is 5.10 Å². The average molecular weight is 491 g/mol. The highest BCUT2D eigenvalue weighted by Crippen LogP contribution is 2.29. The van der Waals surface area contributed by atoms with Gasteiger partial charge >= 0.3 is 5.69 Å². The molecular formula is C27H19FN8O. The summed E-state index contributed by atoms with van der Waals surface area (Å²) in [5.74, 6) is -0.511. The lowest BCUT2D eigenvalue weighted by Crippen LogP contribution is -2.06. The minimum absolute atomic E-state index is 0.133. The zero-order valence-electron chi connectivity index (χ0n) is 19.7. The van der Waals surface area contributed by atoms with E-state index in [-0.39, 0.29) is 11.2 Å². The largest absolute Gasteiger partial charge is 0.323 e. The molecule has 0 aliphatic rings. The molecule has 0 saturated carbocycles. The summed E-state index contributed by atoms with van der Waals surface area (Å²) in [5.41, 5.74) is 6.71. The Morgan fingerprint density at radius 3 is 2.76 bits per heavy atom. The number of allylic oxidation sites excluding steroid dienone is 1. The van der Waals surface area contributed by atoms with Gasteiger partial charge in [-0.3, -0.25) is 4.68 Å². The van der Waals surface area contributed by atoms with E-state index in [2.05, 4.69) is 38.0 Å². The Labute approximate surface area is 209 Å². The van der Waals surface area contributed by atoms with Gasteiger partial charge in [0.1, 0.15) is 5.52 Å². The maximum absolute atomic E-state index is 15.2. The molecule has 0 aliphatic heterocycles. The number of imidazole rings is 1. The van der Waals surface area contributed by atoms with Crippen LogP contribution in [0.15, 0.2) is 72.2 Å². The lowest BCUT2D eigenvalue weighted by Gasteiger charge is -2.13. The molecule has 0 fully saturated rings. The van der Waals surface area contributed by atoms with Crippen molar-refractivity contribution in [2.75, 3.05) is 0 Å². The maximum Gasteiger partial charge on any atom is 0.323 e. The molecule has 6 rings (SSSR count). The summed E-state index contributed by atoms with van der Waals surface area (Å²) in [7, 11) is 0.